The van der Waals surface area contributed by atoms with Gasteiger partial charge in [-0.3, -0.25) is 4.72 Å². The number of sulfonamides is 1. The van der Waals surface area contributed by atoms with Gasteiger partial charge in [0.05, 0.1) is 12.9 Å². The first-order valence-electron chi connectivity index (χ1n) is 9.74. The van der Waals surface area contributed by atoms with Gasteiger partial charge in [0, 0.05) is 11.7 Å². The number of anilines is 1. The monoisotopic (exact) mass is 434 g/mol. The van der Waals surface area contributed by atoms with Crippen molar-refractivity contribution in [2.24, 2.45) is 0 Å². The lowest BCUT2D eigenvalue weighted by Gasteiger charge is -2.24. The lowest BCUT2D eigenvalue weighted by Crippen LogP contribution is -2.43. The molecule has 0 aliphatic rings. The summed E-state index contributed by atoms with van der Waals surface area (Å²) in [6.07, 6.45) is 0.437. The Morgan fingerprint density at radius 2 is 1.67 bits per heavy atom. The number of nitrogens with one attached hydrogen (secondary N) is 2. The third kappa shape index (κ3) is 8.73. The number of benzene rings is 2. The number of hydrogen-bond acceptors (Lipinski definition) is 5. The molecular weight excluding hydrogens is 404 g/mol. The zero-order valence-corrected chi connectivity index (χ0v) is 18.7. The molecule has 0 aromatic heterocycles. The van der Waals surface area contributed by atoms with Gasteiger partial charge in [-0.2, -0.15) is 0 Å². The number of methoxy groups -OCH3 is 1. The van der Waals surface area contributed by atoms with Crippen molar-refractivity contribution in [2.45, 2.75) is 45.3 Å². The Bertz CT molecular complexity index is 907. The summed E-state index contributed by atoms with van der Waals surface area (Å²) >= 11 is 0. The van der Waals surface area contributed by atoms with Crippen molar-refractivity contribution in [2.75, 3.05) is 17.6 Å². The molecule has 0 spiro atoms. The maximum absolute atomic E-state index is 12.7. The minimum Gasteiger partial charge on any atom is -0.497 e. The lowest BCUT2D eigenvalue weighted by atomic mass is 10.1. The number of hydrogen-bond donors (Lipinski definition) is 2. The van der Waals surface area contributed by atoms with Crippen molar-refractivity contribution in [3.63, 3.8) is 0 Å². The normalized spacial score (nSPS) is 12.7. The number of carbonyl (C=O) groups excluding carboxylic acids is 1. The molecule has 30 heavy (non-hydrogen) atoms. The van der Waals surface area contributed by atoms with Crippen molar-refractivity contribution >= 4 is 21.8 Å². The minimum absolute atomic E-state index is 0.273. The molecule has 2 aromatic rings. The molecule has 0 unspecified atom stereocenters. The van der Waals surface area contributed by atoms with Crippen LogP contribution in [0.15, 0.2) is 54.6 Å². The molecule has 0 aliphatic heterocycles. The Hall–Kier alpha value is -2.74. The Labute approximate surface area is 178 Å². The fourth-order valence-corrected chi connectivity index (χ4v) is 4.16. The van der Waals surface area contributed by atoms with Gasteiger partial charge in [-0.1, -0.05) is 30.3 Å². The fraction of sp³-hybridized carbons (Fsp3) is 0.409. The van der Waals surface area contributed by atoms with Crippen molar-refractivity contribution in [1.29, 1.82) is 0 Å². The van der Waals surface area contributed by atoms with Crippen LogP contribution in [0.3, 0.4) is 0 Å². The van der Waals surface area contributed by atoms with Crippen LogP contribution in [-0.2, 0) is 21.2 Å². The van der Waals surface area contributed by atoms with Crippen molar-refractivity contribution in [1.82, 2.24) is 5.32 Å². The quantitative estimate of drug-likeness (QED) is 0.623. The largest absolute Gasteiger partial charge is 0.497 e. The van der Waals surface area contributed by atoms with Gasteiger partial charge in [-0.15, -0.1) is 0 Å². The highest BCUT2D eigenvalue weighted by Crippen LogP contribution is 2.17. The summed E-state index contributed by atoms with van der Waals surface area (Å²) in [6, 6.07) is 15.7. The second-order valence-corrected chi connectivity index (χ2v) is 9.75. The molecule has 0 bridgehead atoms. The average Bonchev–Trinajstić information content (AvgIpc) is 2.65. The van der Waals surface area contributed by atoms with E-state index in [4.69, 9.17) is 9.47 Å². The van der Waals surface area contributed by atoms with Crippen molar-refractivity contribution < 1.29 is 22.7 Å². The molecule has 7 nitrogen and oxygen atoms in total. The van der Waals surface area contributed by atoms with E-state index in [9.17, 15) is 13.2 Å². The number of amides is 1. The van der Waals surface area contributed by atoms with Crippen LogP contribution >= 0.6 is 0 Å². The molecule has 2 N–H and O–H groups in total. The van der Waals surface area contributed by atoms with Crippen LogP contribution in [0.2, 0.25) is 0 Å². The lowest BCUT2D eigenvalue weighted by molar-refractivity contribution is 0.0507. The summed E-state index contributed by atoms with van der Waals surface area (Å²) in [4.78, 5) is 12.2. The highest BCUT2D eigenvalue weighted by molar-refractivity contribution is 7.92. The van der Waals surface area contributed by atoms with Crippen molar-refractivity contribution in [3.05, 3.63) is 60.2 Å². The zero-order valence-electron chi connectivity index (χ0n) is 17.8. The van der Waals surface area contributed by atoms with Gasteiger partial charge < -0.3 is 14.8 Å². The molecule has 1 amide bonds. The molecule has 2 rings (SSSR count). The summed E-state index contributed by atoms with van der Waals surface area (Å²) < 4.78 is 38.3. The van der Waals surface area contributed by atoms with E-state index in [-0.39, 0.29) is 5.75 Å². The number of rotatable bonds is 9. The Morgan fingerprint density at radius 1 is 1.03 bits per heavy atom. The molecule has 1 atom stereocenters. The first-order valence-corrected chi connectivity index (χ1v) is 11.4. The average molecular weight is 435 g/mol. The smallest absolute Gasteiger partial charge is 0.407 e. The highest BCUT2D eigenvalue weighted by Gasteiger charge is 2.24. The Morgan fingerprint density at radius 3 is 2.23 bits per heavy atom. The summed E-state index contributed by atoms with van der Waals surface area (Å²) in [7, 11) is -2.17. The van der Waals surface area contributed by atoms with Crippen LogP contribution in [0.4, 0.5) is 10.5 Å². The van der Waals surface area contributed by atoms with Crippen LogP contribution in [0, 0.1) is 0 Å². The second-order valence-electron chi connectivity index (χ2n) is 7.98. The van der Waals surface area contributed by atoms with E-state index in [1.165, 1.54) is 0 Å². The summed E-state index contributed by atoms with van der Waals surface area (Å²) in [5, 5.41) is 2.70. The van der Waals surface area contributed by atoms with Crippen LogP contribution in [-0.4, -0.2) is 39.0 Å². The number of aryl methyl sites for hydroxylation is 1. The van der Waals surface area contributed by atoms with Crippen molar-refractivity contribution in [3.8, 4) is 5.75 Å². The second kappa shape index (κ2) is 10.3. The van der Waals surface area contributed by atoms with E-state index >= 15 is 0 Å². The third-order valence-corrected chi connectivity index (χ3v) is 5.52. The Kier molecular flexibility index (Phi) is 8.11. The van der Waals surface area contributed by atoms with E-state index in [0.29, 0.717) is 24.3 Å². The zero-order chi connectivity index (χ0) is 22.2. The van der Waals surface area contributed by atoms with Crippen LogP contribution in [0.25, 0.3) is 0 Å². The molecule has 2 aromatic carbocycles. The molecule has 0 saturated heterocycles. The van der Waals surface area contributed by atoms with E-state index < -0.39 is 27.8 Å². The number of carbonyl (C=O) groups is 1. The summed E-state index contributed by atoms with van der Waals surface area (Å²) in [6.45, 7) is 5.27. The third-order valence-electron chi connectivity index (χ3n) is 4.13. The number of alkyl carbamates (subject to hydrolysis) is 1. The minimum atomic E-state index is -3.71. The molecule has 0 saturated carbocycles. The van der Waals surface area contributed by atoms with Crippen LogP contribution in [0.1, 0.15) is 32.8 Å². The molecule has 0 radical (unpaired) electrons. The van der Waals surface area contributed by atoms with E-state index in [2.05, 4.69) is 10.0 Å². The van der Waals surface area contributed by atoms with Gasteiger partial charge in [0.25, 0.3) is 0 Å². The topological polar surface area (TPSA) is 93.7 Å². The molecule has 8 heteroatoms. The fourth-order valence-electron chi connectivity index (χ4n) is 2.80. The maximum atomic E-state index is 12.7. The van der Waals surface area contributed by atoms with Crippen LogP contribution in [0.5, 0.6) is 5.75 Å². The van der Waals surface area contributed by atoms with E-state index in [1.807, 2.05) is 30.3 Å². The number of ether oxygens (including phenoxy) is 2. The molecule has 164 valence electrons. The highest BCUT2D eigenvalue weighted by atomic mass is 32.2. The van der Waals surface area contributed by atoms with Gasteiger partial charge >= 0.3 is 6.09 Å². The molecular formula is C22H30N2O5S. The molecule has 0 fully saturated rings. The first-order chi connectivity index (χ1) is 14.1. The van der Waals surface area contributed by atoms with Gasteiger partial charge in [0.1, 0.15) is 11.4 Å². The van der Waals surface area contributed by atoms with Gasteiger partial charge in [-0.25, -0.2) is 13.2 Å². The predicted octanol–water partition coefficient (Wildman–Crippen LogP) is 3.96. The summed E-state index contributed by atoms with van der Waals surface area (Å²) in [5.74, 6) is 0.357. The Balaban J connectivity index is 2.07. The van der Waals surface area contributed by atoms with E-state index in [0.717, 1.165) is 5.56 Å². The van der Waals surface area contributed by atoms with Crippen LogP contribution < -0.4 is 14.8 Å². The van der Waals surface area contributed by atoms with Gasteiger partial charge in [-0.05, 0) is 63.4 Å². The standard InChI is InChI=1S/C22H30N2O5S/c1-22(2,3)29-21(25)23-19(11-10-17-8-6-5-7-9-17)16-30(26,27)24-18-12-14-20(28-4)15-13-18/h5-9,12-15,19,24H,10-11,16H2,1-4H3,(H,23,25)/t19-/m0/s1. The maximum Gasteiger partial charge on any atom is 0.407 e. The molecule has 0 aliphatic carbocycles. The van der Waals surface area contributed by atoms with E-state index in [1.54, 1.807) is 52.1 Å². The SMILES string of the molecule is COc1ccc(NS(=O)(=O)C[C@H](CCc2ccccc2)NC(=O)OC(C)(C)C)cc1. The molecule has 0 heterocycles. The summed E-state index contributed by atoms with van der Waals surface area (Å²) in [5.41, 5.74) is 0.817. The van der Waals surface area contributed by atoms with Gasteiger partial charge in [0.2, 0.25) is 10.0 Å². The first kappa shape index (κ1) is 23.5. The van der Waals surface area contributed by atoms with Gasteiger partial charge in [0.15, 0.2) is 0 Å². The predicted molar refractivity (Wildman–Crippen MR) is 118 cm³/mol.